The minimum Gasteiger partial charge on any atom is -0.340 e. The van der Waals surface area contributed by atoms with Crippen molar-refractivity contribution in [1.82, 2.24) is 26.4 Å². The Morgan fingerprint density at radius 3 is 2.34 bits per heavy atom. The largest absolute Gasteiger partial charge is 0.340 e. The number of aromatic amines is 1. The number of hydrogen-bond acceptors (Lipinski definition) is 4. The molecule has 8 nitrogen and oxygen atoms in total. The lowest BCUT2D eigenvalue weighted by atomic mass is 10.1. The van der Waals surface area contributed by atoms with E-state index in [4.69, 9.17) is 11.6 Å². The Labute approximate surface area is 171 Å². The van der Waals surface area contributed by atoms with Crippen LogP contribution < -0.4 is 16.2 Å². The molecule has 3 amide bonds. The summed E-state index contributed by atoms with van der Waals surface area (Å²) in [6.07, 6.45) is 0. The van der Waals surface area contributed by atoms with Gasteiger partial charge in [-0.2, -0.15) is 5.10 Å². The molecule has 1 heterocycles. The van der Waals surface area contributed by atoms with Gasteiger partial charge in [0.25, 0.3) is 17.7 Å². The summed E-state index contributed by atoms with van der Waals surface area (Å²) < 4.78 is 0. The van der Waals surface area contributed by atoms with Crippen molar-refractivity contribution in [3.63, 3.8) is 0 Å². The molecule has 3 rings (SSSR count). The third-order valence-electron chi connectivity index (χ3n) is 4.04. The molecule has 0 radical (unpaired) electrons. The van der Waals surface area contributed by atoms with Crippen LogP contribution >= 0.6 is 11.6 Å². The van der Waals surface area contributed by atoms with Crippen molar-refractivity contribution < 1.29 is 14.4 Å². The molecule has 0 saturated heterocycles. The molecule has 1 atom stereocenters. The fourth-order valence-electron chi connectivity index (χ4n) is 2.44. The summed E-state index contributed by atoms with van der Waals surface area (Å²) in [5, 5.41) is 9.75. The molecule has 1 unspecified atom stereocenters. The van der Waals surface area contributed by atoms with E-state index in [0.29, 0.717) is 16.3 Å². The quantitative estimate of drug-likeness (QED) is 0.482. The number of halogens is 1. The second-order valence-electron chi connectivity index (χ2n) is 6.18. The predicted molar refractivity (Wildman–Crippen MR) is 108 cm³/mol. The third kappa shape index (κ3) is 5.20. The van der Waals surface area contributed by atoms with Gasteiger partial charge in [-0.15, -0.1) is 0 Å². The Balaban J connectivity index is 1.52. The number of aromatic nitrogens is 2. The van der Waals surface area contributed by atoms with Gasteiger partial charge in [-0.05, 0) is 37.3 Å². The number of rotatable bonds is 5. The third-order valence-corrected chi connectivity index (χ3v) is 4.29. The minimum absolute atomic E-state index is 0.182. The lowest BCUT2D eigenvalue weighted by Gasteiger charge is -2.14. The van der Waals surface area contributed by atoms with Crippen molar-refractivity contribution in [2.24, 2.45) is 0 Å². The highest BCUT2D eigenvalue weighted by atomic mass is 35.5. The van der Waals surface area contributed by atoms with E-state index in [-0.39, 0.29) is 5.69 Å². The number of carbonyl (C=O) groups excluding carboxylic acids is 3. The monoisotopic (exact) mass is 411 g/mol. The Morgan fingerprint density at radius 1 is 0.966 bits per heavy atom. The van der Waals surface area contributed by atoms with Crippen LogP contribution in [0.2, 0.25) is 5.02 Å². The van der Waals surface area contributed by atoms with Crippen molar-refractivity contribution in [2.75, 3.05) is 0 Å². The molecule has 1 aromatic heterocycles. The molecule has 0 aliphatic rings. The molecule has 9 heteroatoms. The van der Waals surface area contributed by atoms with Crippen molar-refractivity contribution in [1.29, 1.82) is 0 Å². The van der Waals surface area contributed by atoms with Crippen LogP contribution in [0.4, 0.5) is 0 Å². The highest BCUT2D eigenvalue weighted by Gasteiger charge is 2.18. The average Bonchev–Trinajstić information content (AvgIpc) is 3.23. The van der Waals surface area contributed by atoms with E-state index in [0.717, 1.165) is 5.56 Å². The molecule has 4 N–H and O–H groups in total. The van der Waals surface area contributed by atoms with E-state index in [9.17, 15) is 14.4 Å². The van der Waals surface area contributed by atoms with Gasteiger partial charge >= 0.3 is 0 Å². The normalized spacial score (nSPS) is 11.4. The molecule has 3 aromatic rings. The number of nitrogens with one attached hydrogen (secondary N) is 4. The highest BCUT2D eigenvalue weighted by molar-refractivity contribution is 6.30. The molecule has 0 aliphatic carbocycles. The second-order valence-corrected chi connectivity index (χ2v) is 6.61. The average molecular weight is 412 g/mol. The van der Waals surface area contributed by atoms with Crippen LogP contribution in [-0.2, 0) is 4.79 Å². The van der Waals surface area contributed by atoms with Crippen molar-refractivity contribution in [2.45, 2.75) is 13.0 Å². The number of hydrogen-bond donors (Lipinski definition) is 4. The summed E-state index contributed by atoms with van der Waals surface area (Å²) in [5.74, 6) is -1.58. The standard InChI is InChI=1S/C20H18ClN5O3/c1-12(22-19(28)14-7-9-15(21)10-8-14)18(27)25-26-20(29)17-11-16(23-24-17)13-5-3-2-4-6-13/h2-12H,1H3,(H,22,28)(H,23,24)(H,25,27)(H,26,29). The zero-order valence-electron chi connectivity index (χ0n) is 15.4. The van der Waals surface area contributed by atoms with Gasteiger partial charge in [0.1, 0.15) is 11.7 Å². The fourth-order valence-corrected chi connectivity index (χ4v) is 2.56. The fraction of sp³-hybridized carbons (Fsp3) is 0.100. The van der Waals surface area contributed by atoms with E-state index in [1.807, 2.05) is 30.3 Å². The summed E-state index contributed by atoms with van der Waals surface area (Å²) in [6.45, 7) is 1.50. The van der Waals surface area contributed by atoms with E-state index >= 15 is 0 Å². The Hall–Kier alpha value is -3.65. The summed E-state index contributed by atoms with van der Waals surface area (Å²) in [5.41, 5.74) is 6.56. The van der Waals surface area contributed by atoms with Crippen LogP contribution in [0.15, 0.2) is 60.7 Å². The van der Waals surface area contributed by atoms with Crippen LogP contribution in [0.25, 0.3) is 11.3 Å². The highest BCUT2D eigenvalue weighted by Crippen LogP contribution is 2.16. The molecular formula is C20H18ClN5O3. The van der Waals surface area contributed by atoms with Gasteiger partial charge in [0.15, 0.2) is 0 Å². The maximum Gasteiger partial charge on any atom is 0.287 e. The van der Waals surface area contributed by atoms with Gasteiger partial charge in [-0.25, -0.2) is 0 Å². The van der Waals surface area contributed by atoms with Crippen LogP contribution in [0.5, 0.6) is 0 Å². The zero-order valence-corrected chi connectivity index (χ0v) is 16.2. The number of carbonyl (C=O) groups is 3. The lowest BCUT2D eigenvalue weighted by Crippen LogP contribution is -2.51. The topological polar surface area (TPSA) is 116 Å². The number of benzene rings is 2. The Kier molecular flexibility index (Phi) is 6.25. The van der Waals surface area contributed by atoms with Gasteiger partial charge in [0.2, 0.25) is 0 Å². The van der Waals surface area contributed by atoms with E-state index in [2.05, 4.69) is 26.4 Å². The van der Waals surface area contributed by atoms with Crippen molar-refractivity contribution >= 4 is 29.3 Å². The first-order valence-corrected chi connectivity index (χ1v) is 9.09. The first kappa shape index (κ1) is 20.1. The van der Waals surface area contributed by atoms with E-state index in [1.54, 1.807) is 30.3 Å². The molecule has 0 fully saturated rings. The van der Waals surface area contributed by atoms with Crippen LogP contribution in [0.3, 0.4) is 0 Å². The number of nitrogens with zero attached hydrogens (tertiary/aromatic N) is 1. The molecule has 0 spiro atoms. The van der Waals surface area contributed by atoms with Gasteiger partial charge in [0, 0.05) is 16.1 Å². The minimum atomic E-state index is -0.875. The zero-order chi connectivity index (χ0) is 20.8. The molecular weight excluding hydrogens is 394 g/mol. The van der Waals surface area contributed by atoms with E-state index < -0.39 is 23.8 Å². The van der Waals surface area contributed by atoms with Gasteiger partial charge in [-0.1, -0.05) is 41.9 Å². The summed E-state index contributed by atoms with van der Waals surface area (Å²) in [7, 11) is 0. The lowest BCUT2D eigenvalue weighted by molar-refractivity contribution is -0.123. The van der Waals surface area contributed by atoms with E-state index in [1.165, 1.54) is 6.92 Å². The predicted octanol–water partition coefficient (Wildman–Crippen LogP) is 2.31. The maximum absolute atomic E-state index is 12.2. The Bertz CT molecular complexity index is 1020. The number of hydrazine groups is 1. The van der Waals surface area contributed by atoms with Gasteiger partial charge in [0.05, 0.1) is 5.69 Å². The summed E-state index contributed by atoms with van der Waals surface area (Å²) in [6, 6.07) is 16.3. The molecule has 0 saturated carbocycles. The maximum atomic E-state index is 12.2. The van der Waals surface area contributed by atoms with Crippen molar-refractivity contribution in [3.05, 3.63) is 76.9 Å². The smallest absolute Gasteiger partial charge is 0.287 e. The number of H-pyrrole nitrogens is 1. The second kappa shape index (κ2) is 9.03. The molecule has 0 aliphatic heterocycles. The molecule has 2 aromatic carbocycles. The van der Waals surface area contributed by atoms with Crippen LogP contribution in [-0.4, -0.2) is 34.0 Å². The van der Waals surface area contributed by atoms with Gasteiger partial charge < -0.3 is 5.32 Å². The SMILES string of the molecule is CC(NC(=O)c1ccc(Cl)cc1)C(=O)NNC(=O)c1cc(-c2ccccc2)n[nH]1. The van der Waals surface area contributed by atoms with Gasteiger partial charge in [-0.3, -0.25) is 30.3 Å². The van der Waals surface area contributed by atoms with Crippen molar-refractivity contribution in [3.8, 4) is 11.3 Å². The molecule has 0 bridgehead atoms. The molecule has 29 heavy (non-hydrogen) atoms. The summed E-state index contributed by atoms with van der Waals surface area (Å²) >= 11 is 5.79. The Morgan fingerprint density at radius 2 is 1.66 bits per heavy atom. The van der Waals surface area contributed by atoms with Crippen LogP contribution in [0.1, 0.15) is 27.8 Å². The number of amides is 3. The summed E-state index contributed by atoms with van der Waals surface area (Å²) in [4.78, 5) is 36.5. The molecule has 148 valence electrons. The van der Waals surface area contributed by atoms with Crippen LogP contribution in [0, 0.1) is 0 Å². The first-order valence-electron chi connectivity index (χ1n) is 8.71. The first-order chi connectivity index (χ1) is 13.9.